The molecule has 1 aromatic heterocycles. The fourth-order valence-corrected chi connectivity index (χ4v) is 2.16. The number of halogens is 2. The van der Waals surface area contributed by atoms with Gasteiger partial charge in [-0.2, -0.15) is 0 Å². The molecule has 0 aliphatic carbocycles. The van der Waals surface area contributed by atoms with Crippen LogP contribution in [0.3, 0.4) is 0 Å². The molecular formula is C12H10F2N2OS. The van der Waals surface area contributed by atoms with Gasteiger partial charge in [-0.1, -0.05) is 0 Å². The molecule has 2 aromatic rings. The SMILES string of the molecule is Cc1ccc(C(=O)Nc2cc(N)c(F)cc2F)s1. The number of carbonyl (C=O) groups excluding carboxylic acids is 1. The number of nitrogens with one attached hydrogen (secondary N) is 1. The van der Waals surface area contributed by atoms with E-state index in [9.17, 15) is 13.6 Å². The summed E-state index contributed by atoms with van der Waals surface area (Å²) in [5.41, 5.74) is 4.97. The molecule has 0 saturated heterocycles. The molecule has 0 spiro atoms. The van der Waals surface area contributed by atoms with E-state index in [-0.39, 0.29) is 11.4 Å². The average Bonchev–Trinajstić information content (AvgIpc) is 2.73. The lowest BCUT2D eigenvalue weighted by atomic mass is 10.2. The van der Waals surface area contributed by atoms with Crippen LogP contribution in [0.5, 0.6) is 0 Å². The van der Waals surface area contributed by atoms with Crippen LogP contribution >= 0.6 is 11.3 Å². The van der Waals surface area contributed by atoms with E-state index in [1.54, 1.807) is 12.1 Å². The number of nitrogens with two attached hydrogens (primary N) is 1. The Bertz CT molecular complexity index is 610. The second-order valence-corrected chi connectivity index (χ2v) is 5.01. The first-order valence-corrected chi connectivity index (χ1v) is 5.91. The van der Waals surface area contributed by atoms with Gasteiger partial charge in [0.2, 0.25) is 0 Å². The lowest BCUT2D eigenvalue weighted by molar-refractivity contribution is 0.103. The first-order chi connectivity index (χ1) is 8.47. The lowest BCUT2D eigenvalue weighted by Crippen LogP contribution is -2.12. The molecule has 3 N–H and O–H groups in total. The third kappa shape index (κ3) is 2.48. The summed E-state index contributed by atoms with van der Waals surface area (Å²) < 4.78 is 26.4. The van der Waals surface area contributed by atoms with E-state index in [0.29, 0.717) is 10.9 Å². The molecule has 3 nitrogen and oxygen atoms in total. The second kappa shape index (κ2) is 4.73. The number of nitrogen functional groups attached to an aromatic ring is 1. The molecule has 2 rings (SSSR count). The Balaban J connectivity index is 2.24. The molecule has 0 atom stereocenters. The van der Waals surface area contributed by atoms with Crippen LogP contribution in [-0.4, -0.2) is 5.91 Å². The fraction of sp³-hybridized carbons (Fsp3) is 0.0833. The van der Waals surface area contributed by atoms with Crippen LogP contribution in [0.15, 0.2) is 24.3 Å². The van der Waals surface area contributed by atoms with Gasteiger partial charge in [0.1, 0.15) is 11.6 Å². The highest BCUT2D eigenvalue weighted by Gasteiger charge is 2.13. The molecule has 1 amide bonds. The number of hydrogen-bond acceptors (Lipinski definition) is 3. The summed E-state index contributed by atoms with van der Waals surface area (Å²) in [7, 11) is 0. The van der Waals surface area contributed by atoms with Crippen LogP contribution in [0.1, 0.15) is 14.5 Å². The van der Waals surface area contributed by atoms with Gasteiger partial charge in [-0.05, 0) is 25.1 Å². The van der Waals surface area contributed by atoms with Crippen LogP contribution in [0.2, 0.25) is 0 Å². The number of carbonyl (C=O) groups is 1. The lowest BCUT2D eigenvalue weighted by Gasteiger charge is -2.06. The van der Waals surface area contributed by atoms with Gasteiger partial charge in [-0.3, -0.25) is 4.79 Å². The minimum absolute atomic E-state index is 0.134. The molecule has 0 fully saturated rings. The van der Waals surface area contributed by atoms with Gasteiger partial charge < -0.3 is 11.1 Å². The van der Waals surface area contributed by atoms with Crippen LogP contribution < -0.4 is 11.1 Å². The van der Waals surface area contributed by atoms with E-state index in [1.807, 2.05) is 6.92 Å². The summed E-state index contributed by atoms with van der Waals surface area (Å²) in [6, 6.07) is 5.13. The van der Waals surface area contributed by atoms with Crippen molar-refractivity contribution in [1.82, 2.24) is 0 Å². The summed E-state index contributed by atoms with van der Waals surface area (Å²) in [4.78, 5) is 13.2. The second-order valence-electron chi connectivity index (χ2n) is 3.72. The van der Waals surface area contributed by atoms with Crippen molar-refractivity contribution in [3.05, 3.63) is 45.7 Å². The highest BCUT2D eigenvalue weighted by molar-refractivity contribution is 7.14. The third-order valence-electron chi connectivity index (χ3n) is 2.30. The van der Waals surface area contributed by atoms with Crippen molar-refractivity contribution >= 4 is 28.6 Å². The third-order valence-corrected chi connectivity index (χ3v) is 3.30. The zero-order valence-corrected chi connectivity index (χ0v) is 10.3. The molecule has 1 aromatic carbocycles. The molecule has 0 radical (unpaired) electrons. The number of rotatable bonds is 2. The predicted octanol–water partition coefficient (Wildman–Crippen LogP) is 3.17. The summed E-state index contributed by atoms with van der Waals surface area (Å²) in [6.45, 7) is 1.86. The summed E-state index contributed by atoms with van der Waals surface area (Å²) in [5.74, 6) is -2.15. The summed E-state index contributed by atoms with van der Waals surface area (Å²) in [5, 5.41) is 2.36. The monoisotopic (exact) mass is 268 g/mol. The number of aryl methyl sites for hydroxylation is 1. The standard InChI is InChI=1S/C12H10F2N2OS/c1-6-2-3-11(18-6)12(17)16-10-5-9(15)7(13)4-8(10)14/h2-5H,15H2,1H3,(H,16,17). The molecule has 0 bridgehead atoms. The topological polar surface area (TPSA) is 55.1 Å². The van der Waals surface area contributed by atoms with Crippen molar-refractivity contribution in [2.75, 3.05) is 11.1 Å². The largest absolute Gasteiger partial charge is 0.396 e. The van der Waals surface area contributed by atoms with Crippen molar-refractivity contribution in [1.29, 1.82) is 0 Å². The Morgan fingerprint density at radius 1 is 1.28 bits per heavy atom. The van der Waals surface area contributed by atoms with E-state index in [0.717, 1.165) is 10.9 Å². The van der Waals surface area contributed by atoms with Crippen LogP contribution in [0.25, 0.3) is 0 Å². The van der Waals surface area contributed by atoms with Crippen molar-refractivity contribution in [3.8, 4) is 0 Å². The van der Waals surface area contributed by atoms with Gasteiger partial charge in [0, 0.05) is 10.9 Å². The fourth-order valence-electron chi connectivity index (χ4n) is 1.40. The highest BCUT2D eigenvalue weighted by atomic mass is 32.1. The highest BCUT2D eigenvalue weighted by Crippen LogP contribution is 2.23. The Morgan fingerprint density at radius 3 is 2.61 bits per heavy atom. The van der Waals surface area contributed by atoms with Crippen LogP contribution in [-0.2, 0) is 0 Å². The van der Waals surface area contributed by atoms with Crippen molar-refractivity contribution in [2.24, 2.45) is 0 Å². The first kappa shape index (κ1) is 12.5. The molecular weight excluding hydrogens is 258 g/mol. The Labute approximate surface area is 106 Å². The number of benzene rings is 1. The van der Waals surface area contributed by atoms with E-state index in [2.05, 4.69) is 5.32 Å². The number of anilines is 2. The van der Waals surface area contributed by atoms with E-state index in [4.69, 9.17) is 5.73 Å². The van der Waals surface area contributed by atoms with Gasteiger partial charge in [0.25, 0.3) is 5.91 Å². The molecule has 94 valence electrons. The van der Waals surface area contributed by atoms with E-state index >= 15 is 0 Å². The van der Waals surface area contributed by atoms with Crippen molar-refractivity contribution in [2.45, 2.75) is 6.92 Å². The van der Waals surface area contributed by atoms with Gasteiger partial charge in [-0.25, -0.2) is 8.78 Å². The zero-order valence-electron chi connectivity index (χ0n) is 9.46. The smallest absolute Gasteiger partial charge is 0.265 e. The van der Waals surface area contributed by atoms with Crippen LogP contribution in [0.4, 0.5) is 20.2 Å². The molecule has 6 heteroatoms. The predicted molar refractivity (Wildman–Crippen MR) is 67.8 cm³/mol. The van der Waals surface area contributed by atoms with Gasteiger partial charge in [0.05, 0.1) is 16.3 Å². The van der Waals surface area contributed by atoms with E-state index in [1.165, 1.54) is 11.3 Å². The van der Waals surface area contributed by atoms with E-state index < -0.39 is 17.5 Å². The van der Waals surface area contributed by atoms with Crippen molar-refractivity contribution < 1.29 is 13.6 Å². The molecule has 0 aliphatic heterocycles. The molecule has 1 heterocycles. The van der Waals surface area contributed by atoms with Gasteiger partial charge in [0.15, 0.2) is 0 Å². The Morgan fingerprint density at radius 2 is 2.00 bits per heavy atom. The number of amides is 1. The first-order valence-electron chi connectivity index (χ1n) is 5.09. The van der Waals surface area contributed by atoms with Crippen LogP contribution in [0, 0.1) is 18.6 Å². The maximum Gasteiger partial charge on any atom is 0.265 e. The maximum atomic E-state index is 13.4. The summed E-state index contributed by atoms with van der Waals surface area (Å²) in [6.07, 6.45) is 0. The van der Waals surface area contributed by atoms with Crippen molar-refractivity contribution in [3.63, 3.8) is 0 Å². The maximum absolute atomic E-state index is 13.4. The number of hydrogen-bond donors (Lipinski definition) is 2. The quantitative estimate of drug-likeness (QED) is 0.822. The Hall–Kier alpha value is -1.95. The molecule has 18 heavy (non-hydrogen) atoms. The molecule has 0 saturated carbocycles. The van der Waals surface area contributed by atoms with Gasteiger partial charge >= 0.3 is 0 Å². The molecule has 0 aliphatic rings. The van der Waals surface area contributed by atoms with Gasteiger partial charge in [-0.15, -0.1) is 11.3 Å². The number of thiophene rings is 1. The normalized spacial score (nSPS) is 10.4. The zero-order chi connectivity index (χ0) is 13.3. The molecule has 0 unspecified atom stereocenters. The summed E-state index contributed by atoms with van der Waals surface area (Å²) >= 11 is 1.29. The average molecular weight is 268 g/mol. The minimum Gasteiger partial charge on any atom is -0.396 e. The minimum atomic E-state index is -0.858. The Kier molecular flexibility index (Phi) is 3.29.